The number of carbonyl (C=O) groups is 1. The molecule has 0 unspecified atom stereocenters. The highest BCUT2D eigenvalue weighted by Gasteiger charge is 2.18. The van der Waals surface area contributed by atoms with Crippen LogP contribution < -0.4 is 15.8 Å². The highest BCUT2D eigenvalue weighted by molar-refractivity contribution is 7.15. The van der Waals surface area contributed by atoms with Crippen LogP contribution in [0.15, 0.2) is 16.9 Å². The fourth-order valence-electron chi connectivity index (χ4n) is 2.74. The number of hydrogen-bond donors (Lipinski definition) is 1. The number of piperidine rings is 1. The Morgan fingerprint density at radius 2 is 2.12 bits per heavy atom. The second-order valence-electron chi connectivity index (χ2n) is 6.34. The molecule has 1 fully saturated rings. The monoisotopic (exact) mass is 378 g/mol. The van der Waals surface area contributed by atoms with Crippen LogP contribution >= 0.6 is 11.3 Å². The first kappa shape index (κ1) is 18.5. The van der Waals surface area contributed by atoms with Crippen molar-refractivity contribution in [1.82, 2.24) is 20.0 Å². The SMILES string of the molecule is COCc1nnc(NC(=O)Cn2nc(N3CCC(C)CC3)ccc2=O)s1. The van der Waals surface area contributed by atoms with Crippen molar-refractivity contribution < 1.29 is 9.53 Å². The lowest BCUT2D eigenvalue weighted by Crippen LogP contribution is -2.36. The number of nitrogens with one attached hydrogen (secondary N) is 1. The van der Waals surface area contributed by atoms with Crippen LogP contribution in [0.5, 0.6) is 0 Å². The van der Waals surface area contributed by atoms with E-state index in [1.165, 1.54) is 22.1 Å². The van der Waals surface area contributed by atoms with Gasteiger partial charge >= 0.3 is 0 Å². The summed E-state index contributed by atoms with van der Waals surface area (Å²) in [4.78, 5) is 26.4. The van der Waals surface area contributed by atoms with E-state index in [9.17, 15) is 9.59 Å². The van der Waals surface area contributed by atoms with Crippen molar-refractivity contribution in [3.05, 3.63) is 27.5 Å². The molecule has 0 saturated carbocycles. The van der Waals surface area contributed by atoms with E-state index in [1.54, 1.807) is 13.2 Å². The number of hydrogen-bond acceptors (Lipinski definition) is 8. The number of rotatable bonds is 6. The summed E-state index contributed by atoms with van der Waals surface area (Å²) in [6.07, 6.45) is 2.20. The van der Waals surface area contributed by atoms with E-state index in [2.05, 4.69) is 32.4 Å². The summed E-state index contributed by atoms with van der Waals surface area (Å²) in [6, 6.07) is 3.17. The molecule has 1 aliphatic heterocycles. The van der Waals surface area contributed by atoms with Gasteiger partial charge in [0.25, 0.3) is 5.56 Å². The second kappa shape index (κ2) is 8.37. The Kier molecular flexibility index (Phi) is 5.94. The van der Waals surface area contributed by atoms with Crippen LogP contribution in [-0.4, -0.2) is 46.1 Å². The quantitative estimate of drug-likeness (QED) is 0.803. The molecule has 10 heteroatoms. The van der Waals surface area contributed by atoms with Gasteiger partial charge in [0, 0.05) is 26.3 Å². The Balaban J connectivity index is 1.65. The minimum absolute atomic E-state index is 0.171. The van der Waals surface area contributed by atoms with Gasteiger partial charge in [0.05, 0.1) is 0 Å². The van der Waals surface area contributed by atoms with Crippen LogP contribution in [0.3, 0.4) is 0 Å². The smallest absolute Gasteiger partial charge is 0.267 e. The predicted molar refractivity (Wildman–Crippen MR) is 98.4 cm³/mol. The van der Waals surface area contributed by atoms with Crippen molar-refractivity contribution in [3.63, 3.8) is 0 Å². The average Bonchev–Trinajstić information content (AvgIpc) is 3.05. The number of methoxy groups -OCH3 is 1. The van der Waals surface area contributed by atoms with Crippen molar-refractivity contribution >= 4 is 28.2 Å². The van der Waals surface area contributed by atoms with Crippen LogP contribution in [0.2, 0.25) is 0 Å². The molecule has 0 spiro atoms. The van der Waals surface area contributed by atoms with E-state index in [4.69, 9.17) is 4.74 Å². The summed E-state index contributed by atoms with van der Waals surface area (Å²) in [6.45, 7) is 4.22. The molecule has 1 amide bonds. The third kappa shape index (κ3) is 4.64. The molecule has 2 aromatic heterocycles. The van der Waals surface area contributed by atoms with Gasteiger partial charge < -0.3 is 9.64 Å². The van der Waals surface area contributed by atoms with Gasteiger partial charge in [0.15, 0.2) is 0 Å². The summed E-state index contributed by atoms with van der Waals surface area (Å²) in [5, 5.41) is 15.8. The number of carbonyl (C=O) groups excluding carboxylic acids is 1. The number of aromatic nitrogens is 4. The Morgan fingerprint density at radius 1 is 1.35 bits per heavy atom. The van der Waals surface area contributed by atoms with Gasteiger partial charge in [-0.25, -0.2) is 4.68 Å². The Hall–Kier alpha value is -2.33. The van der Waals surface area contributed by atoms with E-state index in [0.29, 0.717) is 22.7 Å². The molecule has 0 bridgehead atoms. The van der Waals surface area contributed by atoms with Gasteiger partial charge in [0.1, 0.15) is 24.0 Å². The standard InChI is InChI=1S/C16H22N6O3S/c1-11-5-7-21(8-6-11)12-3-4-15(24)22(20-12)9-13(23)17-16-19-18-14(26-16)10-25-2/h3-4,11H,5-10H2,1-2H3,(H,17,19,23). The molecule has 3 rings (SSSR count). The predicted octanol–water partition coefficient (Wildman–Crippen LogP) is 1.12. The third-order valence-corrected chi connectivity index (χ3v) is 5.05. The zero-order valence-electron chi connectivity index (χ0n) is 14.8. The van der Waals surface area contributed by atoms with Crippen molar-refractivity contribution in [3.8, 4) is 0 Å². The van der Waals surface area contributed by atoms with Gasteiger partial charge in [0.2, 0.25) is 11.0 Å². The highest BCUT2D eigenvalue weighted by atomic mass is 32.1. The lowest BCUT2D eigenvalue weighted by Gasteiger charge is -2.31. The van der Waals surface area contributed by atoms with E-state index >= 15 is 0 Å². The van der Waals surface area contributed by atoms with E-state index in [1.807, 2.05) is 0 Å². The molecule has 0 aliphatic carbocycles. The molecular weight excluding hydrogens is 356 g/mol. The zero-order chi connectivity index (χ0) is 18.5. The summed E-state index contributed by atoms with van der Waals surface area (Å²) in [7, 11) is 1.56. The van der Waals surface area contributed by atoms with Crippen molar-refractivity contribution in [2.24, 2.45) is 5.92 Å². The first-order chi connectivity index (χ1) is 12.5. The number of amides is 1. The Bertz CT molecular complexity index is 812. The molecule has 140 valence electrons. The molecule has 1 aliphatic rings. The molecule has 1 saturated heterocycles. The summed E-state index contributed by atoms with van der Waals surface area (Å²) in [5.41, 5.74) is -0.313. The maximum Gasteiger partial charge on any atom is 0.267 e. The highest BCUT2D eigenvalue weighted by Crippen LogP contribution is 2.20. The van der Waals surface area contributed by atoms with Crippen molar-refractivity contribution in [2.45, 2.75) is 32.9 Å². The lowest BCUT2D eigenvalue weighted by molar-refractivity contribution is -0.117. The Morgan fingerprint density at radius 3 is 2.85 bits per heavy atom. The minimum Gasteiger partial charge on any atom is -0.377 e. The molecule has 0 aromatic carbocycles. The van der Waals surface area contributed by atoms with Crippen LogP contribution in [0, 0.1) is 5.92 Å². The first-order valence-electron chi connectivity index (χ1n) is 8.49. The maximum atomic E-state index is 12.2. The van der Waals surface area contributed by atoms with E-state index in [0.717, 1.165) is 31.7 Å². The van der Waals surface area contributed by atoms with Gasteiger partial charge in [-0.05, 0) is 24.8 Å². The maximum absolute atomic E-state index is 12.2. The molecular formula is C16H22N6O3S. The van der Waals surface area contributed by atoms with Crippen LogP contribution in [0.1, 0.15) is 24.8 Å². The van der Waals surface area contributed by atoms with Gasteiger partial charge in [-0.1, -0.05) is 18.3 Å². The summed E-state index contributed by atoms with van der Waals surface area (Å²) < 4.78 is 6.15. The van der Waals surface area contributed by atoms with Gasteiger partial charge in [-0.3, -0.25) is 14.9 Å². The average molecular weight is 378 g/mol. The Labute approximate surface area is 155 Å². The van der Waals surface area contributed by atoms with Gasteiger partial charge in [-0.15, -0.1) is 10.2 Å². The number of ether oxygens (including phenoxy) is 1. The van der Waals surface area contributed by atoms with Crippen molar-refractivity contribution in [2.75, 3.05) is 30.4 Å². The van der Waals surface area contributed by atoms with E-state index < -0.39 is 0 Å². The second-order valence-corrected chi connectivity index (χ2v) is 7.40. The topological polar surface area (TPSA) is 102 Å². The molecule has 26 heavy (non-hydrogen) atoms. The number of nitrogens with zero attached hydrogens (tertiary/aromatic N) is 5. The minimum atomic E-state index is -0.371. The van der Waals surface area contributed by atoms with Crippen LogP contribution in [0.4, 0.5) is 10.9 Å². The molecule has 3 heterocycles. The molecule has 1 N–H and O–H groups in total. The van der Waals surface area contributed by atoms with E-state index in [-0.39, 0.29) is 18.0 Å². The number of anilines is 2. The normalized spacial score (nSPS) is 15.2. The molecule has 9 nitrogen and oxygen atoms in total. The van der Waals surface area contributed by atoms with Gasteiger partial charge in [-0.2, -0.15) is 5.10 Å². The molecule has 0 radical (unpaired) electrons. The van der Waals surface area contributed by atoms with Crippen LogP contribution in [0.25, 0.3) is 0 Å². The molecule has 2 aromatic rings. The fraction of sp³-hybridized carbons (Fsp3) is 0.562. The third-order valence-electron chi connectivity index (χ3n) is 4.23. The molecule has 0 atom stereocenters. The zero-order valence-corrected chi connectivity index (χ0v) is 15.7. The van der Waals surface area contributed by atoms with Crippen LogP contribution in [-0.2, 0) is 22.7 Å². The fourth-order valence-corrected chi connectivity index (χ4v) is 3.47. The van der Waals surface area contributed by atoms with Crippen molar-refractivity contribution in [1.29, 1.82) is 0 Å². The lowest BCUT2D eigenvalue weighted by atomic mass is 9.99. The summed E-state index contributed by atoms with van der Waals surface area (Å²) in [5.74, 6) is 1.06. The summed E-state index contributed by atoms with van der Waals surface area (Å²) >= 11 is 1.23. The largest absolute Gasteiger partial charge is 0.377 e. The first-order valence-corrected chi connectivity index (χ1v) is 9.31.